The van der Waals surface area contributed by atoms with E-state index in [1.54, 1.807) is 5.57 Å². The van der Waals surface area contributed by atoms with Gasteiger partial charge in [-0.3, -0.25) is 0 Å². The van der Waals surface area contributed by atoms with Crippen molar-refractivity contribution in [3.8, 4) is 39.1 Å². The van der Waals surface area contributed by atoms with Gasteiger partial charge >= 0.3 is 0 Å². The van der Waals surface area contributed by atoms with Crippen molar-refractivity contribution in [2.24, 2.45) is 0 Å². The number of benzene rings is 10. The summed E-state index contributed by atoms with van der Waals surface area (Å²) in [5.74, 6) is 0. The Hall–Kier alpha value is -8.52. The number of aryl methyl sites for hydroxylation is 3. The van der Waals surface area contributed by atoms with Gasteiger partial charge in [0.25, 0.3) is 0 Å². The van der Waals surface area contributed by atoms with Gasteiger partial charge in [0.15, 0.2) is 0 Å². The third-order valence-electron chi connectivity index (χ3n) is 14.3. The standard InChI is InChI=1S/C31H23N.C26H22.C13H12.3C2H6/c1-22-14-16-23(17-15-22)24-8-7-9-25(20-24)26-18-19-31-29(21-26)28-12-5-6-13-30(28)32(31)27-10-3-2-4-11-27;1-19-16-17-23-22-14-8-9-15-24(22)26(25(23)18-19,20-10-4-2-5-11-20)21-12-6-3-7-13-21;1-11-7-9-13(10-8-11)12-5-3-2-4-6-12;3*1-2/h2-21H,1H3;2-8,10-14,16-18H,9,15H2,1H3;2-10H,1H3;3*1-2H3. The van der Waals surface area contributed by atoms with Crippen molar-refractivity contribution in [2.45, 2.75) is 80.6 Å². The van der Waals surface area contributed by atoms with Crippen LogP contribution in [0.5, 0.6) is 0 Å². The van der Waals surface area contributed by atoms with Crippen LogP contribution >= 0.6 is 0 Å². The first-order valence-corrected chi connectivity index (χ1v) is 28.0. The summed E-state index contributed by atoms with van der Waals surface area (Å²) in [7, 11) is 0. The van der Waals surface area contributed by atoms with Gasteiger partial charge in [0.1, 0.15) is 0 Å². The Labute approximate surface area is 460 Å². The number of para-hydroxylation sites is 2. The minimum Gasteiger partial charge on any atom is -0.309 e. The largest absolute Gasteiger partial charge is 0.309 e. The zero-order valence-electron chi connectivity index (χ0n) is 46.8. The molecule has 2 aliphatic carbocycles. The fraction of sp³-hybridized carbons (Fsp3) is 0.158. The fourth-order valence-corrected chi connectivity index (χ4v) is 10.9. The van der Waals surface area contributed by atoms with Crippen LogP contribution in [0, 0.1) is 20.8 Å². The Bertz CT molecular complexity index is 3630. The number of allylic oxidation sites excluding steroid dienone is 4. The number of nitrogens with zero attached hydrogens (tertiary/aromatic N) is 1. The number of fused-ring (bicyclic) bond motifs is 5. The van der Waals surface area contributed by atoms with Crippen LogP contribution in [0.15, 0.2) is 273 Å². The zero-order chi connectivity index (χ0) is 54.2. The summed E-state index contributed by atoms with van der Waals surface area (Å²) >= 11 is 0. The number of aromatic nitrogens is 1. The molecule has 1 heterocycles. The minimum absolute atomic E-state index is 0.177. The predicted octanol–water partition coefficient (Wildman–Crippen LogP) is 21.6. The van der Waals surface area contributed by atoms with Crippen molar-refractivity contribution in [1.29, 1.82) is 0 Å². The van der Waals surface area contributed by atoms with Gasteiger partial charge in [-0.2, -0.15) is 0 Å². The van der Waals surface area contributed by atoms with Gasteiger partial charge in [-0.05, 0) is 137 Å². The van der Waals surface area contributed by atoms with Gasteiger partial charge in [-0.25, -0.2) is 0 Å². The van der Waals surface area contributed by atoms with Crippen LogP contribution in [0.3, 0.4) is 0 Å². The highest BCUT2D eigenvalue weighted by atomic mass is 15.0. The second kappa shape index (κ2) is 26.3. The molecular formula is C76H75N. The van der Waals surface area contributed by atoms with E-state index in [9.17, 15) is 0 Å². The monoisotopic (exact) mass is 1000 g/mol. The highest BCUT2D eigenvalue weighted by Gasteiger charge is 2.47. The normalized spacial score (nSPS) is 12.4. The molecule has 0 aliphatic heterocycles. The van der Waals surface area contributed by atoms with Gasteiger partial charge in [0.2, 0.25) is 0 Å². The van der Waals surface area contributed by atoms with Gasteiger partial charge in [0.05, 0.1) is 16.4 Å². The summed E-state index contributed by atoms with van der Waals surface area (Å²) in [4.78, 5) is 0. The van der Waals surface area contributed by atoms with E-state index in [4.69, 9.17) is 0 Å². The van der Waals surface area contributed by atoms with E-state index >= 15 is 0 Å². The lowest BCUT2D eigenvalue weighted by Crippen LogP contribution is -2.30. The van der Waals surface area contributed by atoms with Gasteiger partial charge < -0.3 is 4.57 Å². The summed E-state index contributed by atoms with van der Waals surface area (Å²) in [6.45, 7) is 18.4. The second-order valence-electron chi connectivity index (χ2n) is 19.0. The molecule has 2 aliphatic rings. The topological polar surface area (TPSA) is 4.93 Å². The molecule has 77 heavy (non-hydrogen) atoms. The summed E-state index contributed by atoms with van der Waals surface area (Å²) in [5.41, 5.74) is 23.5. The van der Waals surface area contributed by atoms with Gasteiger partial charge in [0, 0.05) is 16.5 Å². The van der Waals surface area contributed by atoms with E-state index < -0.39 is 0 Å². The molecule has 0 saturated carbocycles. The van der Waals surface area contributed by atoms with Crippen molar-refractivity contribution >= 4 is 27.4 Å². The first-order valence-electron chi connectivity index (χ1n) is 28.0. The Kier molecular flexibility index (Phi) is 18.7. The summed E-state index contributed by atoms with van der Waals surface area (Å²) in [6, 6.07) is 91.8. The highest BCUT2D eigenvalue weighted by Crippen LogP contribution is 2.57. The molecule has 0 unspecified atom stereocenters. The van der Waals surface area contributed by atoms with Crippen molar-refractivity contribution in [2.75, 3.05) is 0 Å². The number of hydrogen-bond donors (Lipinski definition) is 0. The molecule has 0 N–H and O–H groups in total. The lowest BCUT2D eigenvalue weighted by atomic mass is 9.65. The molecule has 0 radical (unpaired) electrons. The molecule has 384 valence electrons. The lowest BCUT2D eigenvalue weighted by Gasteiger charge is -2.36. The Balaban J connectivity index is 0.000000156. The maximum absolute atomic E-state index is 2.40. The zero-order valence-corrected chi connectivity index (χ0v) is 46.8. The molecular weight excluding hydrogens is 927 g/mol. The highest BCUT2D eigenvalue weighted by molar-refractivity contribution is 6.10. The first kappa shape index (κ1) is 54.7. The molecule has 10 aromatic carbocycles. The minimum atomic E-state index is -0.177. The Morgan fingerprint density at radius 2 is 0.792 bits per heavy atom. The molecule has 1 heteroatoms. The van der Waals surface area contributed by atoms with Gasteiger partial charge in [-0.1, -0.05) is 289 Å². The third-order valence-corrected chi connectivity index (χ3v) is 14.3. The van der Waals surface area contributed by atoms with Gasteiger partial charge in [-0.15, -0.1) is 0 Å². The average molecular weight is 1000 g/mol. The van der Waals surface area contributed by atoms with E-state index in [2.05, 4.69) is 286 Å². The quantitative estimate of drug-likeness (QED) is 0.156. The van der Waals surface area contributed by atoms with E-state index in [0.29, 0.717) is 0 Å². The SMILES string of the molecule is CC.CC.CC.Cc1ccc(-c2cccc(-c3ccc4c(c3)c3ccccc3n4-c3ccccc3)c2)cc1.Cc1ccc(-c2ccccc2)cc1.Cc1ccc2c(c1)C(c1ccccc1)(c1ccccc1)C1=C2C=CCC1. The molecule has 0 saturated heterocycles. The van der Waals surface area contributed by atoms with Crippen molar-refractivity contribution in [3.63, 3.8) is 0 Å². The third kappa shape index (κ3) is 11.7. The molecule has 0 bridgehead atoms. The smallest absolute Gasteiger partial charge is 0.0676 e. The number of rotatable bonds is 6. The Morgan fingerprint density at radius 3 is 1.39 bits per heavy atom. The maximum atomic E-state index is 2.40. The van der Waals surface area contributed by atoms with Crippen molar-refractivity contribution in [1.82, 2.24) is 4.57 Å². The van der Waals surface area contributed by atoms with Crippen LogP contribution in [-0.2, 0) is 5.41 Å². The summed E-state index contributed by atoms with van der Waals surface area (Å²) < 4.78 is 2.36. The van der Waals surface area contributed by atoms with E-state index in [1.165, 1.54) is 105 Å². The van der Waals surface area contributed by atoms with E-state index in [0.717, 1.165) is 12.8 Å². The van der Waals surface area contributed by atoms with E-state index in [-0.39, 0.29) is 5.41 Å². The Morgan fingerprint density at radius 1 is 0.351 bits per heavy atom. The van der Waals surface area contributed by atoms with Crippen LogP contribution < -0.4 is 0 Å². The maximum Gasteiger partial charge on any atom is 0.0676 e. The molecule has 0 amide bonds. The molecule has 0 atom stereocenters. The lowest BCUT2D eigenvalue weighted by molar-refractivity contribution is 0.696. The van der Waals surface area contributed by atoms with Crippen molar-refractivity contribution < 1.29 is 0 Å². The number of hydrogen-bond acceptors (Lipinski definition) is 0. The summed E-state index contributed by atoms with van der Waals surface area (Å²) in [6.07, 6.45) is 6.91. The average Bonchev–Trinajstić information content (AvgIpc) is 4.21. The first-order chi connectivity index (χ1) is 38.0. The van der Waals surface area contributed by atoms with Crippen molar-refractivity contribution in [3.05, 3.63) is 311 Å². The second-order valence-corrected chi connectivity index (χ2v) is 19.0. The molecule has 11 aromatic rings. The molecule has 0 fully saturated rings. The fourth-order valence-electron chi connectivity index (χ4n) is 10.9. The van der Waals surface area contributed by atoms with Crippen LogP contribution in [0.4, 0.5) is 0 Å². The summed E-state index contributed by atoms with van der Waals surface area (Å²) in [5, 5.41) is 2.56. The molecule has 13 rings (SSSR count). The van der Waals surface area contributed by atoms with Crippen LogP contribution in [0.2, 0.25) is 0 Å². The van der Waals surface area contributed by atoms with Crippen LogP contribution in [-0.4, -0.2) is 4.57 Å². The molecule has 1 nitrogen and oxygen atoms in total. The van der Waals surface area contributed by atoms with Crippen LogP contribution in [0.25, 0.3) is 66.4 Å². The molecule has 0 spiro atoms. The van der Waals surface area contributed by atoms with E-state index in [1.807, 2.05) is 47.6 Å². The molecule has 1 aromatic heterocycles. The van der Waals surface area contributed by atoms with Crippen LogP contribution in [0.1, 0.15) is 93.3 Å². The predicted molar refractivity (Wildman–Crippen MR) is 336 cm³/mol.